The van der Waals surface area contributed by atoms with Gasteiger partial charge in [0.05, 0.1) is 35.4 Å². The third kappa shape index (κ3) is 4.00. The lowest BCUT2D eigenvalue weighted by Crippen LogP contribution is -2.47. The summed E-state index contributed by atoms with van der Waals surface area (Å²) in [6, 6.07) is 10.6. The molecule has 0 aliphatic carbocycles. The van der Waals surface area contributed by atoms with Crippen molar-refractivity contribution in [2.45, 2.75) is 31.6 Å². The number of benzene rings is 1. The largest absolute Gasteiger partial charge is 0.381 e. The number of anilines is 2. The van der Waals surface area contributed by atoms with Crippen LogP contribution in [0.3, 0.4) is 0 Å². The van der Waals surface area contributed by atoms with Crippen molar-refractivity contribution in [3.8, 4) is 11.3 Å². The Hall–Kier alpha value is -3.89. The normalized spacial score (nSPS) is 19.5. The van der Waals surface area contributed by atoms with Crippen LogP contribution < -0.4 is 10.6 Å². The van der Waals surface area contributed by atoms with Crippen molar-refractivity contribution in [2.24, 2.45) is 0 Å². The van der Waals surface area contributed by atoms with E-state index in [-0.39, 0.29) is 17.6 Å². The first-order valence-corrected chi connectivity index (χ1v) is 12.8. The second kappa shape index (κ2) is 9.14. The highest BCUT2D eigenvalue weighted by molar-refractivity contribution is 6.06. The number of alkyl halides is 1. The maximum Gasteiger partial charge on any atom is 0.254 e. The van der Waals surface area contributed by atoms with Gasteiger partial charge in [0.2, 0.25) is 0 Å². The summed E-state index contributed by atoms with van der Waals surface area (Å²) < 4.78 is 34.6. The highest BCUT2D eigenvalue weighted by Crippen LogP contribution is 2.36. The molecule has 6 heterocycles. The third-order valence-electron chi connectivity index (χ3n) is 7.64. The Bertz CT molecular complexity index is 1560. The summed E-state index contributed by atoms with van der Waals surface area (Å²) in [6.07, 6.45) is 3.50. The first kappa shape index (κ1) is 23.2. The van der Waals surface area contributed by atoms with Crippen LogP contribution in [-0.2, 0) is 17.8 Å². The monoisotopic (exact) mass is 516 g/mol. The number of rotatable bonds is 6. The second-order valence-electron chi connectivity index (χ2n) is 10.1. The molecule has 3 aliphatic heterocycles. The van der Waals surface area contributed by atoms with Crippen LogP contribution in [0.1, 0.15) is 39.5 Å². The quantitative estimate of drug-likeness (QED) is 0.400. The number of amides is 1. The number of hydrogen-bond donors (Lipinski definition) is 2. The van der Waals surface area contributed by atoms with Crippen molar-refractivity contribution in [1.82, 2.24) is 24.6 Å². The van der Waals surface area contributed by atoms with Gasteiger partial charge in [0, 0.05) is 56.5 Å². The minimum atomic E-state index is -0.777. The molecular weight excluding hydrogens is 490 g/mol. The van der Waals surface area contributed by atoms with Gasteiger partial charge < -0.3 is 15.4 Å². The number of hydrogen-bond acceptors (Lipinski definition) is 6. The van der Waals surface area contributed by atoms with Crippen LogP contribution >= 0.6 is 0 Å². The Balaban J connectivity index is 1.24. The Labute approximate surface area is 217 Å². The zero-order chi connectivity index (χ0) is 25.8. The molecule has 3 aliphatic rings. The molecule has 10 heteroatoms. The number of nitrogens with one attached hydrogen (secondary N) is 2. The third-order valence-corrected chi connectivity index (χ3v) is 7.64. The van der Waals surface area contributed by atoms with E-state index in [0.29, 0.717) is 55.5 Å². The summed E-state index contributed by atoms with van der Waals surface area (Å²) in [5.41, 5.74) is 6.24. The molecule has 38 heavy (non-hydrogen) atoms. The first-order valence-electron chi connectivity index (χ1n) is 12.8. The van der Waals surface area contributed by atoms with E-state index >= 15 is 0 Å². The molecule has 1 amide bonds. The second-order valence-corrected chi connectivity index (χ2v) is 10.1. The molecule has 2 saturated heterocycles. The molecule has 194 valence electrons. The maximum absolute atomic E-state index is 13.7. The van der Waals surface area contributed by atoms with Crippen molar-refractivity contribution in [3.63, 3.8) is 0 Å². The van der Waals surface area contributed by atoms with E-state index in [4.69, 9.17) is 9.72 Å². The molecule has 2 fully saturated rings. The van der Waals surface area contributed by atoms with Crippen molar-refractivity contribution < 1.29 is 18.3 Å². The summed E-state index contributed by atoms with van der Waals surface area (Å²) in [5.74, 6) is 0.383. The Kier molecular flexibility index (Phi) is 5.59. The number of imidazole rings is 1. The van der Waals surface area contributed by atoms with Crippen molar-refractivity contribution >= 4 is 23.1 Å². The van der Waals surface area contributed by atoms with Crippen LogP contribution in [0.5, 0.6) is 0 Å². The number of carbonyl (C=O) groups excluding carboxylic acids is 1. The minimum absolute atomic E-state index is 0.168. The molecule has 1 atom stereocenters. The lowest BCUT2D eigenvalue weighted by atomic mass is 9.96. The standard InChI is InChI=1S/C28H26F2N6O2/c29-17-5-7-36-24(11-31-26(36)9-17)20-1-3-22(27-21(20)10-32-28(27)37)33-25-4-2-19(16-6-8-38-15-16)23(34-25)14-35-12-18(30)13-35/h1-5,7,9,11,16,18H,6,8,10,12-15H2,(H,32,37)(H,33,34)/t16-/m0/s1. The SMILES string of the molecule is O=C1NCc2c(-c3cnc4cc(F)ccn34)ccc(Nc3ccc([C@H]4CCOC4)c(CN4CC(F)C4)n3)c21. The van der Waals surface area contributed by atoms with Crippen molar-refractivity contribution in [3.05, 3.63) is 77.0 Å². The number of likely N-dealkylation sites (tertiary alicyclic amines) is 1. The number of carbonyl (C=O) groups is 1. The molecule has 0 bridgehead atoms. The Morgan fingerprint density at radius 3 is 2.89 bits per heavy atom. The molecule has 0 saturated carbocycles. The van der Waals surface area contributed by atoms with Gasteiger partial charge in [-0.05, 0) is 35.7 Å². The van der Waals surface area contributed by atoms with Crippen LogP contribution in [0.2, 0.25) is 0 Å². The zero-order valence-corrected chi connectivity index (χ0v) is 20.6. The van der Waals surface area contributed by atoms with E-state index in [9.17, 15) is 13.6 Å². The highest BCUT2D eigenvalue weighted by atomic mass is 19.1. The highest BCUT2D eigenvalue weighted by Gasteiger charge is 2.30. The maximum atomic E-state index is 13.7. The van der Waals surface area contributed by atoms with Gasteiger partial charge in [0.15, 0.2) is 0 Å². The lowest BCUT2D eigenvalue weighted by molar-refractivity contribution is 0.0577. The Morgan fingerprint density at radius 2 is 2.08 bits per heavy atom. The Morgan fingerprint density at radius 1 is 1.18 bits per heavy atom. The molecule has 0 spiro atoms. The van der Waals surface area contributed by atoms with E-state index in [1.54, 1.807) is 12.4 Å². The molecule has 0 unspecified atom stereocenters. The average Bonchev–Trinajstić information content (AvgIpc) is 3.64. The topological polar surface area (TPSA) is 83.8 Å². The number of ether oxygens (including phenoxy) is 1. The van der Waals surface area contributed by atoms with Gasteiger partial charge in [-0.1, -0.05) is 12.1 Å². The van der Waals surface area contributed by atoms with Gasteiger partial charge in [-0.2, -0.15) is 0 Å². The summed E-state index contributed by atoms with van der Waals surface area (Å²) in [6.45, 7) is 3.20. The molecule has 1 aromatic carbocycles. The summed E-state index contributed by atoms with van der Waals surface area (Å²) in [5, 5.41) is 6.29. The van der Waals surface area contributed by atoms with Gasteiger partial charge in [0.25, 0.3) is 5.91 Å². The number of fused-ring (bicyclic) bond motifs is 2. The molecule has 4 aromatic rings. The van der Waals surface area contributed by atoms with Crippen LogP contribution in [0, 0.1) is 5.82 Å². The van der Waals surface area contributed by atoms with E-state index < -0.39 is 6.17 Å². The number of aromatic nitrogens is 3. The van der Waals surface area contributed by atoms with Crippen LogP contribution in [0.25, 0.3) is 16.9 Å². The van der Waals surface area contributed by atoms with E-state index in [0.717, 1.165) is 41.1 Å². The predicted molar refractivity (Wildman–Crippen MR) is 138 cm³/mol. The fourth-order valence-corrected chi connectivity index (χ4v) is 5.69. The summed E-state index contributed by atoms with van der Waals surface area (Å²) >= 11 is 0. The van der Waals surface area contributed by atoms with Gasteiger partial charge in [-0.15, -0.1) is 0 Å². The van der Waals surface area contributed by atoms with Crippen LogP contribution in [-0.4, -0.2) is 57.7 Å². The van der Waals surface area contributed by atoms with Gasteiger partial charge >= 0.3 is 0 Å². The smallest absolute Gasteiger partial charge is 0.254 e. The van der Waals surface area contributed by atoms with E-state index in [2.05, 4.69) is 26.6 Å². The van der Waals surface area contributed by atoms with Crippen molar-refractivity contribution in [1.29, 1.82) is 0 Å². The minimum Gasteiger partial charge on any atom is -0.381 e. The zero-order valence-electron chi connectivity index (χ0n) is 20.6. The fraction of sp³-hybridized carbons (Fsp3) is 0.321. The summed E-state index contributed by atoms with van der Waals surface area (Å²) in [7, 11) is 0. The van der Waals surface area contributed by atoms with Crippen LogP contribution in [0.15, 0.2) is 48.8 Å². The number of halogens is 2. The van der Waals surface area contributed by atoms with Crippen molar-refractivity contribution in [2.75, 3.05) is 31.6 Å². The van der Waals surface area contributed by atoms with Gasteiger partial charge in [-0.3, -0.25) is 14.1 Å². The van der Waals surface area contributed by atoms with Gasteiger partial charge in [0.1, 0.15) is 23.5 Å². The van der Waals surface area contributed by atoms with E-state index in [1.165, 1.54) is 12.1 Å². The molecule has 0 radical (unpaired) electrons. The molecule has 3 aromatic heterocycles. The molecule has 2 N–H and O–H groups in total. The number of pyridine rings is 2. The molecule has 7 rings (SSSR count). The van der Waals surface area contributed by atoms with Gasteiger partial charge in [-0.25, -0.2) is 18.7 Å². The molecular formula is C28H26F2N6O2. The van der Waals surface area contributed by atoms with E-state index in [1.807, 2.05) is 22.6 Å². The predicted octanol–water partition coefficient (Wildman–Crippen LogP) is 4.18. The average molecular weight is 517 g/mol. The fourth-order valence-electron chi connectivity index (χ4n) is 5.69. The van der Waals surface area contributed by atoms with Crippen LogP contribution in [0.4, 0.5) is 20.3 Å². The lowest BCUT2D eigenvalue weighted by Gasteiger charge is -2.34. The number of nitrogens with zero attached hydrogens (tertiary/aromatic N) is 4. The molecule has 8 nitrogen and oxygen atoms in total. The first-order chi connectivity index (χ1) is 18.5. The summed E-state index contributed by atoms with van der Waals surface area (Å²) in [4.78, 5) is 24.2.